The molecule has 0 spiro atoms. The van der Waals surface area contributed by atoms with Crippen LogP contribution in [0, 0.1) is 0 Å². The highest BCUT2D eigenvalue weighted by atomic mass is 16.6. The maximum Gasteiger partial charge on any atom is 0.203 e. The standard InChI is InChI=1S/C17H23N5O2/c1-5-6-13(9-12(18)11-20-23-4)24-14-7-8-16-15(10-14)21-17(19-2)22(16)3/h6-11H,5,18H2,1-4H3,(H,19,21)/b12-9-,13-6+,20-11-. The summed E-state index contributed by atoms with van der Waals surface area (Å²) in [4.78, 5) is 9.14. The van der Waals surface area contributed by atoms with E-state index < -0.39 is 0 Å². The Labute approximate surface area is 141 Å². The van der Waals surface area contributed by atoms with Gasteiger partial charge in [0, 0.05) is 26.2 Å². The van der Waals surface area contributed by atoms with Crippen molar-refractivity contribution in [1.82, 2.24) is 9.55 Å². The summed E-state index contributed by atoms with van der Waals surface area (Å²) in [5.41, 5.74) is 8.18. The van der Waals surface area contributed by atoms with Crippen molar-refractivity contribution in [3.8, 4) is 5.75 Å². The second-order valence-corrected chi connectivity index (χ2v) is 5.07. The number of fused-ring (bicyclic) bond motifs is 1. The van der Waals surface area contributed by atoms with Gasteiger partial charge in [-0.25, -0.2) is 4.98 Å². The second-order valence-electron chi connectivity index (χ2n) is 5.07. The molecule has 0 fully saturated rings. The Morgan fingerprint density at radius 1 is 1.46 bits per heavy atom. The number of rotatable bonds is 7. The maximum atomic E-state index is 5.93. The Balaban J connectivity index is 2.28. The molecule has 0 aliphatic rings. The third-order valence-electron chi connectivity index (χ3n) is 3.33. The molecular formula is C17H23N5O2. The van der Waals surface area contributed by atoms with E-state index in [-0.39, 0.29) is 0 Å². The molecule has 3 N–H and O–H groups in total. The van der Waals surface area contributed by atoms with E-state index in [4.69, 9.17) is 10.5 Å². The van der Waals surface area contributed by atoms with Crippen molar-refractivity contribution in [3.05, 3.63) is 41.8 Å². The lowest BCUT2D eigenvalue weighted by molar-refractivity contribution is 0.215. The molecule has 2 aromatic rings. The largest absolute Gasteiger partial charge is 0.458 e. The van der Waals surface area contributed by atoms with Gasteiger partial charge in [-0.3, -0.25) is 0 Å². The Morgan fingerprint density at radius 3 is 2.92 bits per heavy atom. The first-order chi connectivity index (χ1) is 11.6. The third kappa shape index (κ3) is 4.07. The van der Waals surface area contributed by atoms with Gasteiger partial charge in [0.05, 0.1) is 22.9 Å². The quantitative estimate of drug-likeness (QED) is 0.353. The zero-order chi connectivity index (χ0) is 17.5. The average Bonchev–Trinajstić information content (AvgIpc) is 2.88. The van der Waals surface area contributed by atoms with Gasteiger partial charge in [-0.15, -0.1) is 0 Å². The number of nitrogens with one attached hydrogen (secondary N) is 1. The molecule has 1 heterocycles. The van der Waals surface area contributed by atoms with Gasteiger partial charge in [-0.1, -0.05) is 12.1 Å². The van der Waals surface area contributed by atoms with Crippen molar-refractivity contribution in [2.24, 2.45) is 17.9 Å². The van der Waals surface area contributed by atoms with Gasteiger partial charge in [0.25, 0.3) is 0 Å². The highest BCUT2D eigenvalue weighted by Crippen LogP contribution is 2.24. The van der Waals surface area contributed by atoms with Crippen LogP contribution in [0.1, 0.15) is 13.3 Å². The minimum Gasteiger partial charge on any atom is -0.458 e. The Bertz CT molecular complexity index is 790. The molecule has 0 amide bonds. The molecule has 2 rings (SSSR count). The number of hydrogen-bond donors (Lipinski definition) is 2. The number of hydrogen-bond acceptors (Lipinski definition) is 6. The highest BCUT2D eigenvalue weighted by molar-refractivity contribution is 5.80. The van der Waals surface area contributed by atoms with E-state index in [1.165, 1.54) is 13.3 Å². The van der Waals surface area contributed by atoms with Crippen LogP contribution in [-0.2, 0) is 11.9 Å². The number of nitrogens with two attached hydrogens (primary N) is 1. The number of oxime groups is 1. The predicted octanol–water partition coefficient (Wildman–Crippen LogP) is 2.76. The predicted molar refractivity (Wildman–Crippen MR) is 97.0 cm³/mol. The molecule has 0 aliphatic carbocycles. The molecule has 0 bridgehead atoms. The zero-order valence-electron chi connectivity index (χ0n) is 14.4. The van der Waals surface area contributed by atoms with Crippen molar-refractivity contribution in [3.63, 3.8) is 0 Å². The van der Waals surface area contributed by atoms with Gasteiger partial charge in [0.15, 0.2) is 0 Å². The molecule has 7 nitrogen and oxygen atoms in total. The maximum absolute atomic E-state index is 5.93. The summed E-state index contributed by atoms with van der Waals surface area (Å²) in [6, 6.07) is 5.77. The van der Waals surface area contributed by atoms with E-state index in [0.29, 0.717) is 17.2 Å². The minimum atomic E-state index is 0.438. The summed E-state index contributed by atoms with van der Waals surface area (Å²) in [5, 5.41) is 6.69. The van der Waals surface area contributed by atoms with Gasteiger partial charge in [0.2, 0.25) is 5.95 Å². The van der Waals surface area contributed by atoms with E-state index in [2.05, 4.69) is 20.3 Å². The summed E-state index contributed by atoms with van der Waals surface area (Å²) in [6.07, 6.45) is 5.88. The third-order valence-corrected chi connectivity index (χ3v) is 3.33. The first-order valence-electron chi connectivity index (χ1n) is 7.65. The van der Waals surface area contributed by atoms with Crippen LogP contribution < -0.4 is 15.8 Å². The van der Waals surface area contributed by atoms with Crippen molar-refractivity contribution < 1.29 is 9.57 Å². The molecule has 7 heteroatoms. The van der Waals surface area contributed by atoms with E-state index in [9.17, 15) is 0 Å². The smallest absolute Gasteiger partial charge is 0.203 e. The van der Waals surface area contributed by atoms with Crippen molar-refractivity contribution >= 4 is 23.2 Å². The summed E-state index contributed by atoms with van der Waals surface area (Å²) >= 11 is 0. The zero-order valence-corrected chi connectivity index (χ0v) is 14.4. The molecule has 1 aromatic carbocycles. The molecule has 1 aromatic heterocycles. The van der Waals surface area contributed by atoms with Crippen molar-refractivity contribution in [2.45, 2.75) is 13.3 Å². The van der Waals surface area contributed by atoms with Crippen LogP contribution in [0.5, 0.6) is 5.75 Å². The first kappa shape index (κ1) is 17.4. The number of ether oxygens (including phenoxy) is 1. The van der Waals surface area contributed by atoms with Crippen LogP contribution in [0.25, 0.3) is 11.0 Å². The number of benzene rings is 1. The summed E-state index contributed by atoms with van der Waals surface area (Å²) in [7, 11) is 5.27. The van der Waals surface area contributed by atoms with Crippen molar-refractivity contribution in [2.75, 3.05) is 19.5 Å². The monoisotopic (exact) mass is 329 g/mol. The SMILES string of the molecule is CC\C=C(/C=C(N)/C=N\OC)Oc1ccc2c(c1)nc(NC)n2C. The lowest BCUT2D eigenvalue weighted by Crippen LogP contribution is -2.02. The number of anilines is 1. The number of nitrogens with zero attached hydrogens (tertiary/aromatic N) is 3. The molecular weight excluding hydrogens is 306 g/mol. The number of aryl methyl sites for hydroxylation is 1. The van der Waals surface area contributed by atoms with Crippen molar-refractivity contribution in [1.29, 1.82) is 0 Å². The Kier molecular flexibility index (Phi) is 5.83. The lowest BCUT2D eigenvalue weighted by atomic mass is 10.3. The Hall–Kier alpha value is -2.96. The van der Waals surface area contributed by atoms with Crippen LogP contribution in [0.15, 0.2) is 47.0 Å². The van der Waals surface area contributed by atoms with E-state index >= 15 is 0 Å². The number of allylic oxidation sites excluding steroid dienone is 3. The number of aromatic nitrogens is 2. The fourth-order valence-electron chi connectivity index (χ4n) is 2.25. The first-order valence-corrected chi connectivity index (χ1v) is 7.65. The van der Waals surface area contributed by atoms with Gasteiger partial charge in [-0.05, 0) is 24.6 Å². The molecule has 0 atom stereocenters. The molecule has 0 radical (unpaired) electrons. The molecule has 24 heavy (non-hydrogen) atoms. The van der Waals surface area contributed by atoms with Gasteiger partial charge in [0.1, 0.15) is 18.6 Å². The molecule has 0 aliphatic heterocycles. The van der Waals surface area contributed by atoms with Gasteiger partial charge >= 0.3 is 0 Å². The molecule has 0 saturated heterocycles. The van der Waals surface area contributed by atoms with E-state index in [0.717, 1.165) is 23.4 Å². The van der Waals surface area contributed by atoms with Gasteiger partial charge in [-0.2, -0.15) is 0 Å². The normalized spacial score (nSPS) is 12.8. The Morgan fingerprint density at radius 2 is 2.25 bits per heavy atom. The average molecular weight is 329 g/mol. The summed E-state index contributed by atoms with van der Waals surface area (Å²) in [5.74, 6) is 2.13. The fourth-order valence-corrected chi connectivity index (χ4v) is 2.25. The van der Waals surface area contributed by atoms with E-state index in [1.54, 1.807) is 6.08 Å². The molecule has 0 unspecified atom stereocenters. The second kappa shape index (κ2) is 8.05. The molecule has 128 valence electrons. The topological polar surface area (TPSA) is 86.7 Å². The summed E-state index contributed by atoms with van der Waals surface area (Å²) in [6.45, 7) is 2.03. The molecule has 0 saturated carbocycles. The number of imidazole rings is 1. The summed E-state index contributed by atoms with van der Waals surface area (Å²) < 4.78 is 7.92. The van der Waals surface area contributed by atoms with Crippen LogP contribution in [0.2, 0.25) is 0 Å². The van der Waals surface area contributed by atoms with Crippen LogP contribution in [0.3, 0.4) is 0 Å². The minimum absolute atomic E-state index is 0.438. The van der Waals surface area contributed by atoms with Crippen LogP contribution in [-0.4, -0.2) is 29.9 Å². The van der Waals surface area contributed by atoms with Gasteiger partial charge < -0.3 is 25.2 Å². The highest BCUT2D eigenvalue weighted by Gasteiger charge is 2.08. The van der Waals surface area contributed by atoms with E-state index in [1.807, 2.05) is 49.9 Å². The van der Waals surface area contributed by atoms with Crippen LogP contribution in [0.4, 0.5) is 5.95 Å². The lowest BCUT2D eigenvalue weighted by Gasteiger charge is -2.07. The van der Waals surface area contributed by atoms with Crippen LogP contribution >= 0.6 is 0 Å². The fraction of sp³-hybridized carbons (Fsp3) is 0.294.